The third-order valence-corrected chi connectivity index (χ3v) is 8.14. The Labute approximate surface area is 241 Å². The highest BCUT2D eigenvalue weighted by Crippen LogP contribution is 2.44. The van der Waals surface area contributed by atoms with Gasteiger partial charge in [-0.1, -0.05) is 97.4 Å². The second kappa shape index (κ2) is 12.1. The van der Waals surface area contributed by atoms with E-state index in [4.69, 9.17) is 4.74 Å². The molecule has 0 atom stereocenters. The number of unbranched alkanes of at least 4 members (excludes halogenated alkanes) is 1. The van der Waals surface area contributed by atoms with E-state index in [9.17, 15) is 13.2 Å². The van der Waals surface area contributed by atoms with E-state index in [1.807, 2.05) is 30.3 Å². The zero-order valence-corrected chi connectivity index (χ0v) is 26.3. The summed E-state index contributed by atoms with van der Waals surface area (Å²) < 4.78 is 30.3. The van der Waals surface area contributed by atoms with Crippen LogP contribution in [-0.2, 0) is 25.5 Å². The van der Waals surface area contributed by atoms with Crippen LogP contribution in [0.2, 0.25) is 0 Å². The van der Waals surface area contributed by atoms with Gasteiger partial charge in [-0.3, -0.25) is 4.79 Å². The Bertz CT molecular complexity index is 1450. The van der Waals surface area contributed by atoms with E-state index in [1.165, 1.54) is 18.8 Å². The maximum absolute atomic E-state index is 12.2. The monoisotopic (exact) mass is 560 g/mol. The Hall–Kier alpha value is -3.18. The first kappa shape index (κ1) is 31.3. The molecule has 0 spiro atoms. The Morgan fingerprint density at radius 1 is 0.775 bits per heavy atom. The molecule has 0 aliphatic rings. The van der Waals surface area contributed by atoms with Crippen molar-refractivity contribution in [1.29, 1.82) is 0 Å². The molecule has 5 heteroatoms. The summed E-state index contributed by atoms with van der Waals surface area (Å²) in [5.74, 6) is 0.311. The highest BCUT2D eigenvalue weighted by molar-refractivity contribution is 7.90. The lowest BCUT2D eigenvalue weighted by molar-refractivity contribution is -0.132. The summed E-state index contributed by atoms with van der Waals surface area (Å²) in [6, 6.07) is 21.8. The van der Waals surface area contributed by atoms with Gasteiger partial charge in [-0.2, -0.15) is 0 Å². The van der Waals surface area contributed by atoms with Gasteiger partial charge in [0.05, 0.1) is 4.90 Å². The molecule has 0 heterocycles. The summed E-state index contributed by atoms with van der Waals surface area (Å²) in [6.07, 6.45) is 4.10. The van der Waals surface area contributed by atoms with Crippen LogP contribution in [0.1, 0.15) is 102 Å². The number of benzene rings is 3. The molecule has 0 saturated heterocycles. The smallest absolute Gasteiger partial charge is 0.308 e. The van der Waals surface area contributed by atoms with Gasteiger partial charge in [-0.05, 0) is 75.8 Å². The third-order valence-electron chi connectivity index (χ3n) is 7.01. The van der Waals surface area contributed by atoms with E-state index < -0.39 is 9.84 Å². The normalized spacial score (nSPS) is 13.1. The first-order chi connectivity index (χ1) is 18.5. The largest absolute Gasteiger partial charge is 0.426 e. The van der Waals surface area contributed by atoms with Crippen molar-refractivity contribution in [2.75, 3.05) is 6.26 Å². The summed E-state index contributed by atoms with van der Waals surface area (Å²) in [4.78, 5) is 12.5. The lowest BCUT2D eigenvalue weighted by Crippen LogP contribution is -2.21. The van der Waals surface area contributed by atoms with E-state index >= 15 is 0 Å². The fourth-order valence-electron chi connectivity index (χ4n) is 4.93. The van der Waals surface area contributed by atoms with Crippen LogP contribution in [-0.4, -0.2) is 20.6 Å². The van der Waals surface area contributed by atoms with Gasteiger partial charge in [0.2, 0.25) is 0 Å². The Morgan fingerprint density at radius 3 is 1.70 bits per heavy atom. The minimum atomic E-state index is -3.31. The first-order valence-corrected chi connectivity index (χ1v) is 15.9. The summed E-state index contributed by atoms with van der Waals surface area (Å²) in [6.45, 7) is 16.5. The van der Waals surface area contributed by atoms with Crippen molar-refractivity contribution >= 4 is 27.0 Å². The molecule has 3 aromatic rings. The summed E-state index contributed by atoms with van der Waals surface area (Å²) in [7, 11) is -3.31. The number of sulfone groups is 1. The number of allylic oxidation sites excluding steroid dienone is 1. The molecule has 0 aliphatic heterocycles. The van der Waals surface area contributed by atoms with Crippen molar-refractivity contribution in [3.63, 3.8) is 0 Å². The molecule has 0 fully saturated rings. The molecular weight excluding hydrogens is 516 g/mol. The molecule has 0 N–H and O–H groups in total. The zero-order valence-electron chi connectivity index (χ0n) is 25.5. The number of hydrogen-bond donors (Lipinski definition) is 0. The third kappa shape index (κ3) is 7.51. The Balaban J connectivity index is 2.50. The molecule has 3 aromatic carbocycles. The van der Waals surface area contributed by atoms with Crippen molar-refractivity contribution in [2.45, 2.75) is 90.4 Å². The average molecular weight is 561 g/mol. The fraction of sp³-hybridized carbons (Fsp3) is 0.400. The first-order valence-electron chi connectivity index (χ1n) is 14.0. The number of rotatable bonds is 8. The molecule has 0 aliphatic carbocycles. The van der Waals surface area contributed by atoms with Crippen LogP contribution in [0.25, 0.3) is 11.1 Å². The van der Waals surface area contributed by atoms with Crippen molar-refractivity contribution < 1.29 is 17.9 Å². The summed E-state index contributed by atoms with van der Waals surface area (Å²) in [5, 5.41) is 0. The van der Waals surface area contributed by atoms with E-state index in [0.29, 0.717) is 10.6 Å². The van der Waals surface area contributed by atoms with Crippen molar-refractivity contribution in [1.82, 2.24) is 0 Å². The molecule has 0 radical (unpaired) electrons. The van der Waals surface area contributed by atoms with Crippen LogP contribution in [0.5, 0.6) is 5.75 Å². The van der Waals surface area contributed by atoms with Crippen molar-refractivity contribution in [3.05, 3.63) is 94.5 Å². The molecule has 0 aromatic heterocycles. The van der Waals surface area contributed by atoms with Crippen LogP contribution in [0.4, 0.5) is 0 Å². The van der Waals surface area contributed by atoms with E-state index in [-0.39, 0.29) is 16.8 Å². The Kier molecular flexibility index (Phi) is 9.51. The van der Waals surface area contributed by atoms with Crippen LogP contribution in [0, 0.1) is 0 Å². The van der Waals surface area contributed by atoms with Gasteiger partial charge < -0.3 is 4.74 Å². The predicted octanol–water partition coefficient (Wildman–Crippen LogP) is 8.76. The number of esters is 1. The zero-order chi connectivity index (χ0) is 29.9. The van der Waals surface area contributed by atoms with Gasteiger partial charge in [0.25, 0.3) is 0 Å². The fourth-order valence-corrected chi connectivity index (χ4v) is 5.56. The molecule has 0 amide bonds. The second-order valence-corrected chi connectivity index (χ2v) is 14.6. The minimum Gasteiger partial charge on any atom is -0.426 e. The molecular formula is C35H44O4S. The predicted molar refractivity (Wildman–Crippen MR) is 167 cm³/mol. The lowest BCUT2D eigenvalue weighted by atomic mass is 9.76. The molecule has 0 saturated carbocycles. The molecule has 214 valence electrons. The van der Waals surface area contributed by atoms with Crippen LogP contribution in [0.15, 0.2) is 71.6 Å². The quantitative estimate of drug-likeness (QED) is 0.157. The lowest BCUT2D eigenvalue weighted by Gasteiger charge is -2.31. The molecule has 40 heavy (non-hydrogen) atoms. The average Bonchev–Trinajstić information content (AvgIpc) is 2.85. The second-order valence-electron chi connectivity index (χ2n) is 12.6. The molecule has 0 bridgehead atoms. The van der Waals surface area contributed by atoms with Gasteiger partial charge in [0.15, 0.2) is 9.84 Å². The molecule has 4 nitrogen and oxygen atoms in total. The minimum absolute atomic E-state index is 0.277. The molecule has 0 unspecified atom stereocenters. The van der Waals surface area contributed by atoms with Crippen LogP contribution >= 0.6 is 0 Å². The highest BCUT2D eigenvalue weighted by Gasteiger charge is 2.30. The van der Waals surface area contributed by atoms with Crippen molar-refractivity contribution in [3.8, 4) is 5.75 Å². The van der Waals surface area contributed by atoms with Gasteiger partial charge in [0, 0.05) is 24.3 Å². The van der Waals surface area contributed by atoms with Crippen LogP contribution in [0.3, 0.4) is 0 Å². The van der Waals surface area contributed by atoms with E-state index in [0.717, 1.165) is 52.7 Å². The maximum Gasteiger partial charge on any atom is 0.308 e. The number of carbonyl (C=O) groups excluding carboxylic acids is 1. The maximum atomic E-state index is 12.2. The van der Waals surface area contributed by atoms with E-state index in [1.54, 1.807) is 12.1 Å². The highest BCUT2D eigenvalue weighted by atomic mass is 32.2. The molecule has 3 rings (SSSR count). The van der Waals surface area contributed by atoms with E-state index in [2.05, 4.69) is 72.7 Å². The topological polar surface area (TPSA) is 60.4 Å². The summed E-state index contributed by atoms with van der Waals surface area (Å²) >= 11 is 0. The van der Waals surface area contributed by atoms with Crippen LogP contribution < -0.4 is 4.74 Å². The number of carbonyl (C=O) groups is 1. The Morgan fingerprint density at radius 2 is 1.27 bits per heavy atom. The standard InChI is InChI=1S/C35H44O4S/c1-10-11-17-29(27-22-30(34(3,4)5)33(39-24(2)36)31(23-27)35(6,7)8)32(25-15-13-12-14-16-25)26-18-20-28(21-19-26)40(9,37)38/h12-16,18-23H,10-11,17H2,1-9H3/b32-29-. The van der Waals surface area contributed by atoms with Gasteiger partial charge in [-0.15, -0.1) is 0 Å². The summed E-state index contributed by atoms with van der Waals surface area (Å²) in [5.41, 5.74) is 6.80. The van der Waals surface area contributed by atoms with Gasteiger partial charge >= 0.3 is 5.97 Å². The van der Waals surface area contributed by atoms with Crippen molar-refractivity contribution in [2.24, 2.45) is 0 Å². The van der Waals surface area contributed by atoms with Gasteiger partial charge in [0.1, 0.15) is 5.75 Å². The number of ether oxygens (including phenoxy) is 1. The number of hydrogen-bond acceptors (Lipinski definition) is 4. The SMILES string of the molecule is CCCC/C(=C(\c1ccccc1)c1ccc(S(C)(=O)=O)cc1)c1cc(C(C)(C)C)c(OC(C)=O)c(C(C)(C)C)c1. The van der Waals surface area contributed by atoms with Gasteiger partial charge in [-0.25, -0.2) is 8.42 Å².